The summed E-state index contributed by atoms with van der Waals surface area (Å²) in [6.07, 6.45) is 17.3. The minimum absolute atomic E-state index is 0.0322. The molecule has 1 unspecified atom stereocenters. The van der Waals surface area contributed by atoms with Gasteiger partial charge in [0.05, 0.1) is 24.8 Å². The number of unbranched alkanes of at least 4 members (excludes halogenated alkanes) is 2. The number of ether oxygens (including phenoxy) is 6. The average molecular weight is 933 g/mol. The molecule has 3 aromatic rings. The van der Waals surface area contributed by atoms with E-state index < -0.39 is 24.0 Å². The largest absolute Gasteiger partial charge is 0.459 e. The second-order valence-corrected chi connectivity index (χ2v) is 19.9. The van der Waals surface area contributed by atoms with Crippen LogP contribution in [0.4, 0.5) is 0 Å². The maximum absolute atomic E-state index is 15.4. The molecule has 12 heteroatoms. The van der Waals surface area contributed by atoms with E-state index in [1.54, 1.807) is 6.08 Å². The highest BCUT2D eigenvalue weighted by Gasteiger charge is 2.65. The van der Waals surface area contributed by atoms with E-state index in [1.807, 2.05) is 41.3 Å². The van der Waals surface area contributed by atoms with Crippen LogP contribution in [0.2, 0.25) is 0 Å². The van der Waals surface area contributed by atoms with Crippen LogP contribution in [0, 0.1) is 37.5 Å². The zero-order valence-electron chi connectivity index (χ0n) is 40.2. The first-order valence-corrected chi connectivity index (χ1v) is 25.6. The second-order valence-electron chi connectivity index (χ2n) is 19.9. The summed E-state index contributed by atoms with van der Waals surface area (Å²) in [4.78, 5) is 23.8. The predicted molar refractivity (Wildman–Crippen MR) is 260 cm³/mol. The fraction of sp³-hybridized carbons (Fsp3) is 0.571. The number of benzene rings is 3. The molecule has 3 fully saturated rings. The highest BCUT2D eigenvalue weighted by molar-refractivity contribution is 6.03. The summed E-state index contributed by atoms with van der Waals surface area (Å²) < 4.78 is 39.2. The molecule has 9 rings (SSSR count). The minimum atomic E-state index is -1.39. The first kappa shape index (κ1) is 48.2. The lowest BCUT2D eigenvalue weighted by molar-refractivity contribution is -0.258. The van der Waals surface area contributed by atoms with Crippen LogP contribution in [0.5, 0.6) is 28.7 Å². The number of amides is 1. The van der Waals surface area contributed by atoms with Gasteiger partial charge in [-0.25, -0.2) is 0 Å². The maximum atomic E-state index is 15.4. The van der Waals surface area contributed by atoms with Gasteiger partial charge in [0.25, 0.3) is 0 Å². The fourth-order valence-electron chi connectivity index (χ4n) is 11.9. The van der Waals surface area contributed by atoms with Crippen molar-refractivity contribution in [2.45, 2.75) is 147 Å². The summed E-state index contributed by atoms with van der Waals surface area (Å²) in [5.74, 6) is 2.16. The summed E-state index contributed by atoms with van der Waals surface area (Å²) in [5.41, 5.74) is 6.00. The quantitative estimate of drug-likeness (QED) is 0.0603. The third kappa shape index (κ3) is 10.5. The standard InChI is InChI=1S/C56H72N2O10/c1-4-28-65-56-51(58(52(61)25-20-39-13-5-6-14-39)35-40-19-23-49-50(31-40)64-36-63-49)34-47(57-68-53-17-9-12-29-62-53)45-32-41(15-7-10-26-59)44(16-8-11-27-60)54(55(45)56)46-33-43(22-24-48(46)67-56)66-42-21-18-37(2)38(3)30-42/h4,18-19,21-24,30-33,39,41,44,51,53-55,59-60H,1,5-17,20,25-29,34-36H2,2-3H3/t41-,44+,51-,53?,54+,55+,56+/m0/s1. The number of carbonyl (C=O) groups is 1. The van der Waals surface area contributed by atoms with Crippen LogP contribution in [0.25, 0.3) is 0 Å². The molecule has 3 aliphatic carbocycles. The molecule has 0 spiro atoms. The molecule has 3 aromatic carbocycles. The molecule has 3 heterocycles. The number of oxime groups is 1. The number of fused-ring (bicyclic) bond motifs is 3. The predicted octanol–water partition coefficient (Wildman–Crippen LogP) is 11.0. The molecule has 68 heavy (non-hydrogen) atoms. The normalized spacial score (nSPS) is 26.6. The third-order valence-corrected chi connectivity index (χ3v) is 15.5. The topological polar surface area (TPSA) is 138 Å². The van der Waals surface area contributed by atoms with Crippen molar-refractivity contribution in [1.82, 2.24) is 4.90 Å². The molecule has 1 saturated heterocycles. The van der Waals surface area contributed by atoms with Crippen LogP contribution in [0.1, 0.15) is 131 Å². The number of aliphatic hydroxyl groups is 2. The molecule has 1 amide bonds. The van der Waals surface area contributed by atoms with E-state index in [0.29, 0.717) is 61.2 Å². The highest BCUT2D eigenvalue weighted by Crippen LogP contribution is 2.62. The number of carbonyl (C=O) groups excluding carboxylic acids is 1. The van der Waals surface area contributed by atoms with Crippen molar-refractivity contribution in [3.05, 3.63) is 101 Å². The van der Waals surface area contributed by atoms with E-state index in [1.165, 1.54) is 18.4 Å². The maximum Gasteiger partial charge on any atom is 0.239 e. The minimum Gasteiger partial charge on any atom is -0.459 e. The Balaban J connectivity index is 1.23. The van der Waals surface area contributed by atoms with E-state index >= 15 is 4.79 Å². The van der Waals surface area contributed by atoms with Gasteiger partial charge in [-0.3, -0.25) is 4.79 Å². The molecule has 2 saturated carbocycles. The molecule has 0 radical (unpaired) electrons. The molecule has 7 atom stereocenters. The second kappa shape index (κ2) is 22.3. The van der Waals surface area contributed by atoms with Crippen molar-refractivity contribution >= 4 is 11.6 Å². The zero-order chi connectivity index (χ0) is 47.0. The van der Waals surface area contributed by atoms with Gasteiger partial charge in [-0.15, -0.1) is 6.58 Å². The molecule has 0 bridgehead atoms. The van der Waals surface area contributed by atoms with E-state index in [4.69, 9.17) is 38.4 Å². The van der Waals surface area contributed by atoms with Gasteiger partial charge in [-0.1, -0.05) is 68.0 Å². The Morgan fingerprint density at radius 2 is 1.63 bits per heavy atom. The Morgan fingerprint density at radius 1 is 0.868 bits per heavy atom. The Kier molecular flexibility index (Phi) is 15.8. The lowest BCUT2D eigenvalue weighted by Crippen LogP contribution is -2.70. The van der Waals surface area contributed by atoms with Gasteiger partial charge in [-0.2, -0.15) is 0 Å². The van der Waals surface area contributed by atoms with Gasteiger partial charge < -0.3 is 48.4 Å². The van der Waals surface area contributed by atoms with Crippen molar-refractivity contribution in [1.29, 1.82) is 0 Å². The summed E-state index contributed by atoms with van der Waals surface area (Å²) in [6, 6.07) is 17.5. The van der Waals surface area contributed by atoms with Gasteiger partial charge in [0.15, 0.2) is 11.5 Å². The van der Waals surface area contributed by atoms with Gasteiger partial charge in [0.1, 0.15) is 23.3 Å². The van der Waals surface area contributed by atoms with Gasteiger partial charge in [0, 0.05) is 50.5 Å². The summed E-state index contributed by atoms with van der Waals surface area (Å²) in [7, 11) is 0. The van der Waals surface area contributed by atoms with Crippen LogP contribution in [0.15, 0.2) is 84.1 Å². The van der Waals surface area contributed by atoms with Crippen molar-refractivity contribution in [3.8, 4) is 28.7 Å². The zero-order valence-corrected chi connectivity index (χ0v) is 40.2. The number of allylic oxidation sites excluding steroid dienone is 1. The molecule has 6 aliphatic rings. The Labute approximate surface area is 402 Å². The molecule has 366 valence electrons. The van der Waals surface area contributed by atoms with Crippen LogP contribution in [-0.4, -0.2) is 78.1 Å². The monoisotopic (exact) mass is 933 g/mol. The lowest BCUT2D eigenvalue weighted by Gasteiger charge is -2.60. The smallest absolute Gasteiger partial charge is 0.239 e. The van der Waals surface area contributed by atoms with Crippen molar-refractivity contribution in [3.63, 3.8) is 0 Å². The van der Waals surface area contributed by atoms with Gasteiger partial charge in [0.2, 0.25) is 24.8 Å². The summed E-state index contributed by atoms with van der Waals surface area (Å²) in [6.45, 7) is 9.77. The summed E-state index contributed by atoms with van der Waals surface area (Å²) >= 11 is 0. The molecular formula is C56H72N2O10. The van der Waals surface area contributed by atoms with E-state index in [-0.39, 0.29) is 56.8 Å². The van der Waals surface area contributed by atoms with Gasteiger partial charge >= 0.3 is 0 Å². The molecule has 0 aromatic heterocycles. The SMILES string of the molecule is C=CCO[C@@]12Oc3ccc(Oc4ccc(C)c(C)c4)cc3[C@H]3[C@H](CCCCO)[C@@H](CCCCO)C=C(C(=NOC4CCCCO4)C[C@@H]1N(Cc1ccc4c(c1)OCO4)C(=O)CCC1CCCC1)[C@H]32. The van der Waals surface area contributed by atoms with Crippen LogP contribution in [0.3, 0.4) is 0 Å². The first-order chi connectivity index (χ1) is 33.3. The molecule has 2 N–H and O–H groups in total. The van der Waals surface area contributed by atoms with Crippen LogP contribution >= 0.6 is 0 Å². The highest BCUT2D eigenvalue weighted by atomic mass is 16.8. The third-order valence-electron chi connectivity index (χ3n) is 15.5. The number of hydrogen-bond acceptors (Lipinski definition) is 11. The Bertz CT molecular complexity index is 2280. The van der Waals surface area contributed by atoms with Crippen molar-refractivity contribution in [2.24, 2.45) is 28.8 Å². The Hall–Kier alpha value is -4.88. The summed E-state index contributed by atoms with van der Waals surface area (Å²) in [5, 5.41) is 25.2. The first-order valence-electron chi connectivity index (χ1n) is 25.6. The molecular weight excluding hydrogens is 861 g/mol. The van der Waals surface area contributed by atoms with Crippen molar-refractivity contribution < 1.29 is 48.3 Å². The molecule has 3 aliphatic heterocycles. The lowest BCUT2D eigenvalue weighted by atomic mass is 9.55. The van der Waals surface area contributed by atoms with E-state index in [9.17, 15) is 10.2 Å². The molecule has 12 nitrogen and oxygen atoms in total. The fourth-order valence-corrected chi connectivity index (χ4v) is 11.9. The Morgan fingerprint density at radius 3 is 2.41 bits per heavy atom. The number of aryl methyl sites for hydroxylation is 2. The number of aliphatic hydroxyl groups excluding tert-OH is 2. The van der Waals surface area contributed by atoms with Gasteiger partial charge in [-0.05, 0) is 141 Å². The van der Waals surface area contributed by atoms with Crippen LogP contribution in [-0.2, 0) is 25.7 Å². The van der Waals surface area contributed by atoms with E-state index in [0.717, 1.165) is 97.9 Å². The van der Waals surface area contributed by atoms with E-state index in [2.05, 4.69) is 44.7 Å². The van der Waals surface area contributed by atoms with Crippen molar-refractivity contribution in [2.75, 3.05) is 33.2 Å². The number of rotatable bonds is 21. The number of hydrogen-bond donors (Lipinski definition) is 2. The number of nitrogens with zero attached hydrogens (tertiary/aromatic N) is 2. The average Bonchev–Trinajstić information content (AvgIpc) is 4.07. The van der Waals surface area contributed by atoms with Crippen LogP contribution < -0.4 is 18.9 Å².